The highest BCUT2D eigenvalue weighted by atomic mass is 19.1. The Morgan fingerprint density at radius 1 is 1.33 bits per heavy atom. The van der Waals surface area contributed by atoms with Crippen molar-refractivity contribution in [2.45, 2.75) is 19.9 Å². The van der Waals surface area contributed by atoms with Crippen molar-refractivity contribution in [1.82, 2.24) is 15.1 Å². The topological polar surface area (TPSA) is 29.9 Å². The molecule has 1 heterocycles. The number of nitrogens with one attached hydrogen (secondary N) is 1. The Bertz CT molecular complexity index is 520. The number of rotatable bonds is 5. The summed E-state index contributed by atoms with van der Waals surface area (Å²) in [5.41, 5.74) is 3.36. The van der Waals surface area contributed by atoms with Crippen molar-refractivity contribution in [1.29, 1.82) is 0 Å². The second kappa shape index (κ2) is 5.78. The van der Waals surface area contributed by atoms with Gasteiger partial charge in [0.15, 0.2) is 0 Å². The normalized spacial score (nSPS) is 10.8. The third-order valence-electron chi connectivity index (χ3n) is 3.10. The molecule has 1 N–H and O–H groups in total. The molecule has 1 aromatic carbocycles. The van der Waals surface area contributed by atoms with Gasteiger partial charge < -0.3 is 5.32 Å². The molecule has 0 aliphatic rings. The Morgan fingerprint density at radius 3 is 2.83 bits per heavy atom. The van der Waals surface area contributed by atoms with Gasteiger partial charge in [-0.25, -0.2) is 4.39 Å². The highest BCUT2D eigenvalue weighted by Gasteiger charge is 2.01. The highest BCUT2D eigenvalue weighted by Crippen LogP contribution is 2.10. The molecule has 3 nitrogen and oxygen atoms in total. The molecule has 0 saturated carbocycles. The average molecular weight is 247 g/mol. The Kier molecular flexibility index (Phi) is 4.10. The van der Waals surface area contributed by atoms with E-state index in [-0.39, 0.29) is 5.82 Å². The van der Waals surface area contributed by atoms with E-state index in [0.717, 1.165) is 30.8 Å². The van der Waals surface area contributed by atoms with Crippen molar-refractivity contribution in [3.63, 3.8) is 0 Å². The van der Waals surface area contributed by atoms with E-state index in [9.17, 15) is 4.39 Å². The number of hydrogen-bond donors (Lipinski definition) is 1. The maximum atomic E-state index is 12.9. The van der Waals surface area contributed by atoms with E-state index in [1.165, 1.54) is 11.6 Å². The first kappa shape index (κ1) is 12.8. The Hall–Kier alpha value is -1.68. The number of benzene rings is 1. The Morgan fingerprint density at radius 2 is 2.17 bits per heavy atom. The summed E-state index contributed by atoms with van der Waals surface area (Å²) in [7, 11) is 1.93. The molecule has 2 rings (SSSR count). The largest absolute Gasteiger partial charge is 0.311 e. The lowest BCUT2D eigenvalue weighted by molar-refractivity contribution is 0.618. The standard InChI is InChI=1S/C14H18FN3/c1-11-9-13(15)4-3-12(11)5-7-16-10-14-6-8-17-18(14)2/h3-4,6,8-9,16H,5,7,10H2,1-2H3. The van der Waals surface area contributed by atoms with Crippen LogP contribution in [0.15, 0.2) is 30.5 Å². The van der Waals surface area contributed by atoms with Crippen LogP contribution in [-0.4, -0.2) is 16.3 Å². The summed E-state index contributed by atoms with van der Waals surface area (Å²) in [4.78, 5) is 0. The van der Waals surface area contributed by atoms with E-state index >= 15 is 0 Å². The summed E-state index contributed by atoms with van der Waals surface area (Å²) < 4.78 is 14.8. The third-order valence-corrected chi connectivity index (χ3v) is 3.10. The molecule has 0 aliphatic carbocycles. The minimum atomic E-state index is -0.168. The van der Waals surface area contributed by atoms with Gasteiger partial charge in [-0.3, -0.25) is 4.68 Å². The van der Waals surface area contributed by atoms with Crippen LogP contribution in [0.25, 0.3) is 0 Å². The van der Waals surface area contributed by atoms with Gasteiger partial charge in [-0.15, -0.1) is 0 Å². The fraction of sp³-hybridized carbons (Fsp3) is 0.357. The smallest absolute Gasteiger partial charge is 0.123 e. The van der Waals surface area contributed by atoms with E-state index in [2.05, 4.69) is 10.4 Å². The van der Waals surface area contributed by atoms with E-state index in [4.69, 9.17) is 0 Å². The summed E-state index contributed by atoms with van der Waals surface area (Å²) in [6.45, 7) is 3.62. The van der Waals surface area contributed by atoms with Crippen LogP contribution in [0.3, 0.4) is 0 Å². The second-order valence-electron chi connectivity index (χ2n) is 4.44. The molecule has 4 heteroatoms. The van der Waals surface area contributed by atoms with Crippen LogP contribution < -0.4 is 5.32 Å². The monoisotopic (exact) mass is 247 g/mol. The number of nitrogens with zero attached hydrogens (tertiary/aromatic N) is 2. The molecule has 0 amide bonds. The van der Waals surface area contributed by atoms with Gasteiger partial charge in [0.1, 0.15) is 5.82 Å². The number of hydrogen-bond acceptors (Lipinski definition) is 2. The van der Waals surface area contributed by atoms with Gasteiger partial charge in [-0.05, 0) is 49.2 Å². The minimum absolute atomic E-state index is 0.168. The van der Waals surface area contributed by atoms with Gasteiger partial charge in [-0.1, -0.05) is 6.07 Å². The van der Waals surface area contributed by atoms with Gasteiger partial charge in [0.2, 0.25) is 0 Å². The van der Waals surface area contributed by atoms with Crippen molar-refractivity contribution >= 4 is 0 Å². The first-order valence-electron chi connectivity index (χ1n) is 6.09. The molecule has 1 aromatic heterocycles. The van der Waals surface area contributed by atoms with E-state index in [1.807, 2.05) is 30.8 Å². The summed E-state index contributed by atoms with van der Waals surface area (Å²) in [6.07, 6.45) is 2.70. The SMILES string of the molecule is Cc1cc(F)ccc1CCNCc1ccnn1C. The van der Waals surface area contributed by atoms with Crippen molar-refractivity contribution in [2.75, 3.05) is 6.54 Å². The molecular formula is C14H18FN3. The molecule has 18 heavy (non-hydrogen) atoms. The lowest BCUT2D eigenvalue weighted by Gasteiger charge is -2.07. The van der Waals surface area contributed by atoms with Crippen LogP contribution in [0.5, 0.6) is 0 Å². The summed E-state index contributed by atoms with van der Waals surface area (Å²) in [5.74, 6) is -0.168. The Labute approximate surface area is 107 Å². The lowest BCUT2D eigenvalue weighted by Crippen LogP contribution is -2.18. The van der Waals surface area contributed by atoms with Crippen LogP contribution >= 0.6 is 0 Å². The van der Waals surface area contributed by atoms with E-state index in [1.54, 1.807) is 12.3 Å². The van der Waals surface area contributed by atoms with Crippen LogP contribution in [0, 0.1) is 12.7 Å². The number of aromatic nitrogens is 2. The predicted molar refractivity (Wildman–Crippen MR) is 69.8 cm³/mol. The zero-order valence-corrected chi connectivity index (χ0v) is 10.8. The number of aryl methyl sites for hydroxylation is 2. The molecule has 0 saturated heterocycles. The first-order chi connectivity index (χ1) is 8.66. The third kappa shape index (κ3) is 3.17. The van der Waals surface area contributed by atoms with Gasteiger partial charge in [0, 0.05) is 19.8 Å². The molecule has 0 aliphatic heterocycles. The maximum absolute atomic E-state index is 12.9. The molecule has 0 unspecified atom stereocenters. The molecule has 0 radical (unpaired) electrons. The van der Waals surface area contributed by atoms with Crippen molar-refractivity contribution in [2.24, 2.45) is 7.05 Å². The van der Waals surface area contributed by atoms with E-state index < -0.39 is 0 Å². The fourth-order valence-corrected chi connectivity index (χ4v) is 1.95. The first-order valence-corrected chi connectivity index (χ1v) is 6.09. The van der Waals surface area contributed by atoms with Gasteiger partial charge >= 0.3 is 0 Å². The highest BCUT2D eigenvalue weighted by molar-refractivity contribution is 5.26. The quantitative estimate of drug-likeness (QED) is 0.821. The lowest BCUT2D eigenvalue weighted by atomic mass is 10.1. The summed E-state index contributed by atoms with van der Waals surface area (Å²) >= 11 is 0. The van der Waals surface area contributed by atoms with Gasteiger partial charge in [0.25, 0.3) is 0 Å². The van der Waals surface area contributed by atoms with Gasteiger partial charge in [-0.2, -0.15) is 5.10 Å². The minimum Gasteiger partial charge on any atom is -0.311 e. The zero-order valence-electron chi connectivity index (χ0n) is 10.8. The molecule has 0 fully saturated rings. The predicted octanol–water partition coefficient (Wildman–Crippen LogP) is 2.20. The molecule has 2 aromatic rings. The van der Waals surface area contributed by atoms with Gasteiger partial charge in [0.05, 0.1) is 5.69 Å². The van der Waals surface area contributed by atoms with Crippen molar-refractivity contribution in [3.8, 4) is 0 Å². The number of halogens is 1. The molecule has 0 spiro atoms. The van der Waals surface area contributed by atoms with Crippen LogP contribution in [0.1, 0.15) is 16.8 Å². The molecule has 0 atom stereocenters. The fourth-order valence-electron chi connectivity index (χ4n) is 1.95. The van der Waals surface area contributed by atoms with Crippen molar-refractivity contribution < 1.29 is 4.39 Å². The second-order valence-corrected chi connectivity index (χ2v) is 4.44. The molecular weight excluding hydrogens is 229 g/mol. The molecule has 0 bridgehead atoms. The maximum Gasteiger partial charge on any atom is 0.123 e. The van der Waals surface area contributed by atoms with Crippen LogP contribution in [0.4, 0.5) is 4.39 Å². The summed E-state index contributed by atoms with van der Waals surface area (Å²) in [5, 5.41) is 7.48. The Balaban J connectivity index is 1.80. The summed E-state index contributed by atoms with van der Waals surface area (Å²) in [6, 6.07) is 6.95. The zero-order chi connectivity index (χ0) is 13.0. The van der Waals surface area contributed by atoms with E-state index in [0.29, 0.717) is 0 Å². The average Bonchev–Trinajstić information content (AvgIpc) is 2.73. The molecule has 96 valence electrons. The van der Waals surface area contributed by atoms with Crippen LogP contribution in [0.2, 0.25) is 0 Å². The van der Waals surface area contributed by atoms with Crippen LogP contribution in [-0.2, 0) is 20.0 Å². The van der Waals surface area contributed by atoms with Crippen molar-refractivity contribution in [3.05, 3.63) is 53.1 Å².